The fraction of sp³-hybridized carbons (Fsp3) is 0.533. The second-order valence-electron chi connectivity index (χ2n) is 4.54. The van der Waals surface area contributed by atoms with Gasteiger partial charge in [0, 0.05) is 11.8 Å². The van der Waals surface area contributed by atoms with Gasteiger partial charge in [-0.05, 0) is 12.1 Å². The van der Waals surface area contributed by atoms with Crippen LogP contribution in [-0.4, -0.2) is 37.3 Å². The minimum Gasteiger partial charge on any atom is -0.507 e. The van der Waals surface area contributed by atoms with Crippen molar-refractivity contribution in [2.45, 2.75) is 48.4 Å². The Morgan fingerprint density at radius 1 is 1.20 bits per heavy atom. The SMILES string of the molecule is CCC[CH2][Sn][CH2]CCC.Nc1ccc(C(=O)O)c(O)c1. The predicted octanol–water partition coefficient (Wildman–Crippen LogP) is 3.80. The first-order valence-corrected chi connectivity index (χ1v) is 11.1. The summed E-state index contributed by atoms with van der Waals surface area (Å²) < 4.78 is 3.25. The molecule has 0 aliphatic carbocycles. The van der Waals surface area contributed by atoms with Gasteiger partial charge in [0.1, 0.15) is 11.3 Å². The van der Waals surface area contributed by atoms with Crippen LogP contribution < -0.4 is 5.73 Å². The van der Waals surface area contributed by atoms with Gasteiger partial charge in [-0.2, -0.15) is 0 Å². The number of benzene rings is 1. The Morgan fingerprint density at radius 3 is 2.15 bits per heavy atom. The van der Waals surface area contributed by atoms with E-state index in [1.807, 2.05) is 0 Å². The van der Waals surface area contributed by atoms with Crippen molar-refractivity contribution in [3.63, 3.8) is 0 Å². The monoisotopic (exact) mass is 387 g/mol. The van der Waals surface area contributed by atoms with Crippen LogP contribution in [0.25, 0.3) is 0 Å². The van der Waals surface area contributed by atoms with Crippen molar-refractivity contribution < 1.29 is 15.0 Å². The van der Waals surface area contributed by atoms with Crippen LogP contribution in [0.15, 0.2) is 18.2 Å². The zero-order valence-corrected chi connectivity index (χ0v) is 15.2. The molecule has 0 aromatic heterocycles. The third-order valence-corrected chi connectivity index (χ3v) is 6.70. The second kappa shape index (κ2) is 11.9. The number of nitrogen functional groups attached to an aromatic ring is 1. The van der Waals surface area contributed by atoms with E-state index in [1.54, 1.807) is 8.87 Å². The molecule has 0 aliphatic rings. The molecule has 1 rings (SSSR count). The summed E-state index contributed by atoms with van der Waals surface area (Å²) in [5, 5.41) is 17.5. The number of carboxylic acid groups (broad SMARTS) is 1. The Labute approximate surface area is 131 Å². The van der Waals surface area contributed by atoms with Crippen molar-refractivity contribution in [2.75, 3.05) is 5.73 Å². The largest absolute Gasteiger partial charge is 0.507 e. The molecule has 2 radical (unpaired) electrons. The molecule has 0 saturated heterocycles. The van der Waals surface area contributed by atoms with Crippen LogP contribution in [0.1, 0.15) is 49.9 Å². The fourth-order valence-electron chi connectivity index (χ4n) is 1.46. The zero-order chi connectivity index (χ0) is 15.4. The van der Waals surface area contributed by atoms with Crippen molar-refractivity contribution in [3.05, 3.63) is 23.8 Å². The van der Waals surface area contributed by atoms with E-state index in [4.69, 9.17) is 15.9 Å². The van der Waals surface area contributed by atoms with E-state index in [0.29, 0.717) is 5.69 Å². The van der Waals surface area contributed by atoms with Gasteiger partial charge >= 0.3 is 75.5 Å². The van der Waals surface area contributed by atoms with Gasteiger partial charge in [0.05, 0.1) is 0 Å². The van der Waals surface area contributed by atoms with Gasteiger partial charge in [-0.1, -0.05) is 0 Å². The molecule has 4 N–H and O–H groups in total. The second-order valence-corrected chi connectivity index (χ2v) is 8.82. The smallest absolute Gasteiger partial charge is 0.339 e. The van der Waals surface area contributed by atoms with Crippen molar-refractivity contribution >= 4 is 32.8 Å². The van der Waals surface area contributed by atoms with Gasteiger partial charge in [-0.3, -0.25) is 0 Å². The average Bonchev–Trinajstić information content (AvgIpc) is 2.39. The van der Waals surface area contributed by atoms with E-state index in [1.165, 1.54) is 43.9 Å². The summed E-state index contributed by atoms with van der Waals surface area (Å²) in [5.41, 5.74) is 5.48. The topological polar surface area (TPSA) is 83.6 Å². The van der Waals surface area contributed by atoms with Crippen molar-refractivity contribution in [1.82, 2.24) is 0 Å². The Balaban J connectivity index is 0.000000370. The molecule has 1 aromatic rings. The molecule has 5 heteroatoms. The van der Waals surface area contributed by atoms with E-state index in [0.717, 1.165) is 0 Å². The molecule has 112 valence electrons. The summed E-state index contributed by atoms with van der Waals surface area (Å²) in [4.78, 5) is 10.3. The van der Waals surface area contributed by atoms with Crippen LogP contribution in [0, 0.1) is 0 Å². The van der Waals surface area contributed by atoms with E-state index in [9.17, 15) is 4.79 Å². The van der Waals surface area contributed by atoms with Crippen LogP contribution >= 0.6 is 0 Å². The van der Waals surface area contributed by atoms with Crippen LogP contribution in [0.3, 0.4) is 0 Å². The van der Waals surface area contributed by atoms with Crippen molar-refractivity contribution in [3.8, 4) is 5.75 Å². The van der Waals surface area contributed by atoms with Crippen LogP contribution in [0.5, 0.6) is 5.75 Å². The summed E-state index contributed by atoms with van der Waals surface area (Å²) in [6.07, 6.45) is 5.84. The molecule has 0 heterocycles. The minimum atomic E-state index is -1.16. The Morgan fingerprint density at radius 2 is 1.75 bits per heavy atom. The number of carboxylic acids is 1. The number of nitrogens with two attached hydrogens (primary N) is 1. The third kappa shape index (κ3) is 9.07. The molecule has 0 fully saturated rings. The van der Waals surface area contributed by atoms with Crippen molar-refractivity contribution in [1.29, 1.82) is 0 Å². The first kappa shape index (κ1) is 19.1. The molecular formula is C15H25NO3Sn. The maximum absolute atomic E-state index is 10.3. The summed E-state index contributed by atoms with van der Waals surface area (Å²) in [6, 6.07) is 3.87. The van der Waals surface area contributed by atoms with Gasteiger partial charge in [0.25, 0.3) is 0 Å². The standard InChI is InChI=1S/C7H7NO3.2C4H9.Sn/c8-4-1-2-5(7(10)11)6(9)3-4;2*1-3-4-2;/h1-3,9H,8H2,(H,10,11);2*1,3-4H2,2H3;. The number of hydrogen-bond donors (Lipinski definition) is 3. The number of anilines is 1. The van der Waals surface area contributed by atoms with Gasteiger partial charge < -0.3 is 15.9 Å². The molecule has 20 heavy (non-hydrogen) atoms. The molecule has 0 spiro atoms. The molecule has 1 aromatic carbocycles. The molecule has 0 unspecified atom stereocenters. The number of hydrogen-bond acceptors (Lipinski definition) is 3. The molecule has 0 amide bonds. The Kier molecular flexibility index (Phi) is 11.3. The van der Waals surface area contributed by atoms with E-state index >= 15 is 0 Å². The molecule has 0 atom stereocenters. The van der Waals surface area contributed by atoms with Gasteiger partial charge in [0.2, 0.25) is 0 Å². The number of aromatic carboxylic acids is 1. The third-order valence-electron chi connectivity index (χ3n) is 2.67. The first-order valence-electron chi connectivity index (χ1n) is 7.05. The van der Waals surface area contributed by atoms with Crippen LogP contribution in [0.4, 0.5) is 5.69 Å². The predicted molar refractivity (Wildman–Crippen MR) is 84.7 cm³/mol. The number of unbranched alkanes of at least 4 members (excludes halogenated alkanes) is 2. The Bertz CT molecular complexity index is 391. The molecule has 0 saturated carbocycles. The Hall–Kier alpha value is -0.911. The van der Waals surface area contributed by atoms with E-state index < -0.39 is 5.97 Å². The van der Waals surface area contributed by atoms with E-state index in [-0.39, 0.29) is 32.5 Å². The summed E-state index contributed by atoms with van der Waals surface area (Å²) in [7, 11) is 0. The minimum absolute atomic E-state index is 0.140. The number of rotatable bonds is 7. The zero-order valence-electron chi connectivity index (χ0n) is 12.4. The summed E-state index contributed by atoms with van der Waals surface area (Å²) in [5.74, 6) is -1.47. The fourth-order valence-corrected chi connectivity index (χ4v) is 5.62. The maximum atomic E-state index is 10.3. The normalized spacial score (nSPS) is 9.70. The molecule has 0 aliphatic heterocycles. The number of phenols is 1. The van der Waals surface area contributed by atoms with Gasteiger partial charge in [0.15, 0.2) is 0 Å². The van der Waals surface area contributed by atoms with Crippen molar-refractivity contribution in [2.24, 2.45) is 0 Å². The number of aromatic hydroxyl groups is 1. The quantitative estimate of drug-likeness (QED) is 0.378. The van der Waals surface area contributed by atoms with Gasteiger partial charge in [-0.15, -0.1) is 0 Å². The maximum Gasteiger partial charge on any atom is 0.339 e. The average molecular weight is 386 g/mol. The van der Waals surface area contributed by atoms with Crippen LogP contribution in [0.2, 0.25) is 8.87 Å². The first-order chi connectivity index (χ1) is 9.52. The van der Waals surface area contributed by atoms with E-state index in [2.05, 4.69) is 13.8 Å². The number of carbonyl (C=O) groups is 1. The summed E-state index contributed by atoms with van der Waals surface area (Å²) in [6.45, 7) is 4.58. The van der Waals surface area contributed by atoms with Crippen LogP contribution in [-0.2, 0) is 0 Å². The summed E-state index contributed by atoms with van der Waals surface area (Å²) >= 11 is 0.149. The molecular weight excluding hydrogens is 361 g/mol. The van der Waals surface area contributed by atoms with Gasteiger partial charge in [-0.25, -0.2) is 4.79 Å². The molecule has 0 bridgehead atoms. The molecule has 4 nitrogen and oxygen atoms in total.